The van der Waals surface area contributed by atoms with E-state index < -0.39 is 0 Å². The van der Waals surface area contributed by atoms with E-state index in [-0.39, 0.29) is 5.92 Å². The van der Waals surface area contributed by atoms with Crippen LogP contribution in [0.1, 0.15) is 65.2 Å². The molecule has 0 spiro atoms. The Morgan fingerprint density at radius 1 is 1.20 bits per heavy atom. The largest absolute Gasteiger partial charge is 0.342 e. The van der Waals surface area contributed by atoms with Crippen LogP contribution < -0.4 is 5.73 Å². The number of carbonyl (C=O) groups excluding carboxylic acids is 1. The molecule has 1 saturated carbocycles. The average Bonchev–Trinajstić information content (AvgIpc) is 2.60. The maximum absolute atomic E-state index is 12.8. The first-order valence-corrected chi connectivity index (χ1v) is 8.51. The molecule has 0 radical (unpaired) electrons. The predicted octanol–water partition coefficient (Wildman–Crippen LogP) is 3.18. The molecule has 1 aliphatic heterocycles. The lowest BCUT2D eigenvalue weighted by atomic mass is 9.79. The molecule has 1 heterocycles. The van der Waals surface area contributed by atoms with Crippen LogP contribution in [0.3, 0.4) is 0 Å². The minimum absolute atomic E-state index is 0.279. The van der Waals surface area contributed by atoms with Gasteiger partial charge in [0.25, 0.3) is 0 Å². The molecule has 2 rings (SSSR count). The van der Waals surface area contributed by atoms with Gasteiger partial charge in [-0.25, -0.2) is 0 Å². The summed E-state index contributed by atoms with van der Waals surface area (Å²) >= 11 is 0. The van der Waals surface area contributed by atoms with E-state index >= 15 is 0 Å². The minimum atomic E-state index is 0.279. The lowest BCUT2D eigenvalue weighted by molar-refractivity contribution is -0.137. The van der Waals surface area contributed by atoms with Gasteiger partial charge < -0.3 is 10.6 Å². The van der Waals surface area contributed by atoms with E-state index in [0.29, 0.717) is 17.2 Å². The van der Waals surface area contributed by atoms with Gasteiger partial charge in [-0.05, 0) is 56.4 Å². The van der Waals surface area contributed by atoms with E-state index in [2.05, 4.69) is 18.7 Å². The van der Waals surface area contributed by atoms with Crippen LogP contribution in [0.5, 0.6) is 0 Å². The quantitative estimate of drug-likeness (QED) is 0.863. The summed E-state index contributed by atoms with van der Waals surface area (Å²) in [6.45, 7) is 7.37. The summed E-state index contributed by atoms with van der Waals surface area (Å²) in [5, 5.41) is 0. The number of hydrogen-bond donors (Lipinski definition) is 1. The molecule has 20 heavy (non-hydrogen) atoms. The zero-order valence-corrected chi connectivity index (χ0v) is 13.4. The van der Waals surface area contributed by atoms with Crippen LogP contribution in [0.15, 0.2) is 0 Å². The second kappa shape index (κ2) is 6.93. The van der Waals surface area contributed by atoms with Gasteiger partial charge in [0, 0.05) is 19.0 Å². The van der Waals surface area contributed by atoms with Crippen molar-refractivity contribution in [1.29, 1.82) is 0 Å². The Balaban J connectivity index is 1.89. The molecule has 2 aliphatic rings. The summed E-state index contributed by atoms with van der Waals surface area (Å²) in [5.41, 5.74) is 6.09. The van der Waals surface area contributed by atoms with Gasteiger partial charge in [-0.3, -0.25) is 4.79 Å². The third-order valence-electron chi connectivity index (χ3n) is 5.36. The molecule has 116 valence electrons. The Morgan fingerprint density at radius 3 is 2.75 bits per heavy atom. The van der Waals surface area contributed by atoms with Crippen molar-refractivity contribution in [3.8, 4) is 0 Å². The summed E-state index contributed by atoms with van der Waals surface area (Å²) in [6.07, 6.45) is 9.31. The van der Waals surface area contributed by atoms with Gasteiger partial charge in [-0.15, -0.1) is 0 Å². The SMILES string of the molecule is CC1(C)CCCN(C(=O)C2CCCC(CCN)C2)CC1. The van der Waals surface area contributed by atoms with Crippen LogP contribution in [0.2, 0.25) is 0 Å². The van der Waals surface area contributed by atoms with Gasteiger partial charge in [-0.2, -0.15) is 0 Å². The fourth-order valence-corrected chi connectivity index (χ4v) is 3.91. The monoisotopic (exact) mass is 280 g/mol. The third-order valence-corrected chi connectivity index (χ3v) is 5.36. The molecule has 2 fully saturated rings. The molecular formula is C17H32N2O. The van der Waals surface area contributed by atoms with Crippen LogP contribution in [-0.2, 0) is 4.79 Å². The number of amides is 1. The van der Waals surface area contributed by atoms with Crippen LogP contribution in [0, 0.1) is 17.3 Å². The van der Waals surface area contributed by atoms with Crippen molar-refractivity contribution in [3.63, 3.8) is 0 Å². The average molecular weight is 280 g/mol. The van der Waals surface area contributed by atoms with Crippen LogP contribution in [0.4, 0.5) is 0 Å². The first-order valence-electron chi connectivity index (χ1n) is 8.51. The molecule has 2 unspecified atom stereocenters. The standard InChI is InChI=1S/C17H32N2O/c1-17(2)8-4-11-19(12-9-17)16(20)15-6-3-5-14(13-15)7-10-18/h14-15H,3-13,18H2,1-2H3. The Bertz CT molecular complexity index is 325. The number of carbonyl (C=O) groups is 1. The molecule has 2 atom stereocenters. The molecule has 0 aromatic heterocycles. The predicted molar refractivity (Wildman–Crippen MR) is 83.3 cm³/mol. The number of nitrogens with two attached hydrogens (primary N) is 1. The van der Waals surface area contributed by atoms with E-state index in [1.165, 1.54) is 19.3 Å². The molecule has 3 nitrogen and oxygen atoms in total. The molecule has 0 bridgehead atoms. The zero-order chi connectivity index (χ0) is 14.6. The lowest BCUT2D eigenvalue weighted by Crippen LogP contribution is -2.39. The highest BCUT2D eigenvalue weighted by Gasteiger charge is 2.32. The summed E-state index contributed by atoms with van der Waals surface area (Å²) in [7, 11) is 0. The minimum Gasteiger partial charge on any atom is -0.342 e. The van der Waals surface area contributed by atoms with E-state index in [1.54, 1.807) is 0 Å². The molecule has 1 saturated heterocycles. The molecule has 0 aromatic rings. The number of likely N-dealkylation sites (tertiary alicyclic amines) is 1. The first-order chi connectivity index (χ1) is 9.52. The topological polar surface area (TPSA) is 46.3 Å². The molecule has 0 aromatic carbocycles. The van der Waals surface area contributed by atoms with E-state index in [9.17, 15) is 4.79 Å². The highest BCUT2D eigenvalue weighted by atomic mass is 16.2. The van der Waals surface area contributed by atoms with Gasteiger partial charge in [0.1, 0.15) is 0 Å². The van der Waals surface area contributed by atoms with Crippen molar-refractivity contribution < 1.29 is 4.79 Å². The van der Waals surface area contributed by atoms with Gasteiger partial charge in [0.15, 0.2) is 0 Å². The van der Waals surface area contributed by atoms with Crippen LogP contribution >= 0.6 is 0 Å². The van der Waals surface area contributed by atoms with Crippen molar-refractivity contribution in [2.24, 2.45) is 23.0 Å². The number of hydrogen-bond acceptors (Lipinski definition) is 2. The molecule has 1 amide bonds. The maximum atomic E-state index is 12.8. The van der Waals surface area contributed by atoms with Gasteiger partial charge >= 0.3 is 0 Å². The summed E-state index contributed by atoms with van der Waals surface area (Å²) in [5.74, 6) is 1.40. The maximum Gasteiger partial charge on any atom is 0.225 e. The van der Waals surface area contributed by atoms with Crippen molar-refractivity contribution in [3.05, 3.63) is 0 Å². The second-order valence-electron chi connectivity index (χ2n) is 7.65. The Hall–Kier alpha value is -0.570. The molecular weight excluding hydrogens is 248 g/mol. The fraction of sp³-hybridized carbons (Fsp3) is 0.941. The van der Waals surface area contributed by atoms with Gasteiger partial charge in [0.2, 0.25) is 5.91 Å². The van der Waals surface area contributed by atoms with Crippen LogP contribution in [0.25, 0.3) is 0 Å². The zero-order valence-electron chi connectivity index (χ0n) is 13.4. The molecule has 2 N–H and O–H groups in total. The summed E-state index contributed by atoms with van der Waals surface area (Å²) in [4.78, 5) is 14.9. The van der Waals surface area contributed by atoms with E-state index in [1.807, 2.05) is 0 Å². The highest BCUT2D eigenvalue weighted by molar-refractivity contribution is 5.79. The fourth-order valence-electron chi connectivity index (χ4n) is 3.91. The van der Waals surface area contributed by atoms with Gasteiger partial charge in [0.05, 0.1) is 0 Å². The Labute approximate surface area is 124 Å². The summed E-state index contributed by atoms with van der Waals surface area (Å²) in [6, 6.07) is 0. The van der Waals surface area contributed by atoms with Crippen molar-refractivity contribution in [2.45, 2.75) is 65.2 Å². The van der Waals surface area contributed by atoms with Crippen molar-refractivity contribution in [2.75, 3.05) is 19.6 Å². The van der Waals surface area contributed by atoms with Crippen LogP contribution in [-0.4, -0.2) is 30.4 Å². The first kappa shape index (κ1) is 15.8. The Kier molecular flexibility index (Phi) is 5.48. The van der Waals surface area contributed by atoms with E-state index in [4.69, 9.17) is 5.73 Å². The van der Waals surface area contributed by atoms with E-state index in [0.717, 1.165) is 51.7 Å². The molecule has 1 aliphatic carbocycles. The smallest absolute Gasteiger partial charge is 0.225 e. The second-order valence-corrected chi connectivity index (χ2v) is 7.65. The summed E-state index contributed by atoms with van der Waals surface area (Å²) < 4.78 is 0. The van der Waals surface area contributed by atoms with Gasteiger partial charge in [-0.1, -0.05) is 26.7 Å². The number of rotatable bonds is 3. The third kappa shape index (κ3) is 4.21. The number of nitrogens with zero attached hydrogens (tertiary/aromatic N) is 1. The highest BCUT2D eigenvalue weighted by Crippen LogP contribution is 2.34. The van der Waals surface area contributed by atoms with Crippen molar-refractivity contribution in [1.82, 2.24) is 4.90 Å². The Morgan fingerprint density at radius 2 is 2.00 bits per heavy atom. The van der Waals surface area contributed by atoms with Crippen molar-refractivity contribution >= 4 is 5.91 Å². The normalized spacial score (nSPS) is 30.9. The molecule has 3 heteroatoms. The lowest BCUT2D eigenvalue weighted by Gasteiger charge is -2.32.